The zero-order valence-electron chi connectivity index (χ0n) is 12.8. The van der Waals surface area contributed by atoms with E-state index in [1.807, 2.05) is 12.1 Å². The van der Waals surface area contributed by atoms with E-state index in [9.17, 15) is 8.42 Å². The number of sulfonamides is 1. The first-order chi connectivity index (χ1) is 10.5. The number of aliphatic imine (C=N–C) groups is 1. The van der Waals surface area contributed by atoms with Crippen LogP contribution in [0.4, 0.5) is 5.69 Å². The maximum atomic E-state index is 11.4. The van der Waals surface area contributed by atoms with Crippen LogP contribution in [0.25, 0.3) is 0 Å². The van der Waals surface area contributed by atoms with Crippen LogP contribution in [0.1, 0.15) is 18.4 Å². The van der Waals surface area contributed by atoms with Gasteiger partial charge in [-0.3, -0.25) is 9.71 Å². The minimum Gasteiger partial charge on any atom is -0.353 e. The Hall–Kier alpha value is -2.02. The Morgan fingerprint density at radius 1 is 1.27 bits per heavy atom. The van der Waals surface area contributed by atoms with Crippen LogP contribution in [0.2, 0.25) is 0 Å². The highest BCUT2D eigenvalue weighted by atomic mass is 32.2. The molecule has 3 N–H and O–H groups in total. The molecule has 0 unspecified atom stereocenters. The van der Waals surface area contributed by atoms with Crippen LogP contribution < -0.4 is 15.4 Å². The summed E-state index contributed by atoms with van der Waals surface area (Å²) in [5, 5.41) is 6.56. The molecule has 6 nitrogen and oxygen atoms in total. The first kappa shape index (κ1) is 16.4. The van der Waals surface area contributed by atoms with Gasteiger partial charge in [-0.25, -0.2) is 8.42 Å². The van der Waals surface area contributed by atoms with Gasteiger partial charge in [0.05, 0.1) is 11.9 Å². The lowest BCUT2D eigenvalue weighted by atomic mass is 10.2. The van der Waals surface area contributed by atoms with Crippen molar-refractivity contribution in [1.82, 2.24) is 10.6 Å². The van der Waals surface area contributed by atoms with Crippen molar-refractivity contribution < 1.29 is 8.42 Å². The van der Waals surface area contributed by atoms with Crippen LogP contribution in [0.5, 0.6) is 0 Å². The van der Waals surface area contributed by atoms with Gasteiger partial charge in [0.25, 0.3) is 0 Å². The Morgan fingerprint density at radius 2 is 1.95 bits per heavy atom. The fourth-order valence-electron chi connectivity index (χ4n) is 2.28. The molecule has 0 atom stereocenters. The third-order valence-corrected chi connectivity index (χ3v) is 3.92. The van der Waals surface area contributed by atoms with Crippen molar-refractivity contribution >= 4 is 21.7 Å². The van der Waals surface area contributed by atoms with Gasteiger partial charge in [0.15, 0.2) is 5.96 Å². The second-order valence-electron chi connectivity index (χ2n) is 5.24. The van der Waals surface area contributed by atoms with Crippen molar-refractivity contribution in [1.29, 1.82) is 0 Å². The third kappa shape index (κ3) is 5.07. The molecule has 1 aliphatic carbocycles. The van der Waals surface area contributed by atoms with Gasteiger partial charge in [-0.05, 0) is 24.5 Å². The van der Waals surface area contributed by atoms with Gasteiger partial charge >= 0.3 is 0 Å². The minimum absolute atomic E-state index is 0.371. The number of para-hydroxylation sites is 1. The van der Waals surface area contributed by atoms with Crippen molar-refractivity contribution in [3.8, 4) is 0 Å². The highest BCUT2D eigenvalue weighted by molar-refractivity contribution is 7.92. The van der Waals surface area contributed by atoms with E-state index < -0.39 is 10.0 Å². The van der Waals surface area contributed by atoms with E-state index in [2.05, 4.69) is 32.5 Å². The number of rotatable bonds is 5. The normalized spacial score (nSPS) is 15.8. The molecule has 0 radical (unpaired) electrons. The summed E-state index contributed by atoms with van der Waals surface area (Å²) >= 11 is 0. The van der Waals surface area contributed by atoms with Gasteiger partial charge in [0, 0.05) is 19.6 Å². The molecule has 0 fully saturated rings. The van der Waals surface area contributed by atoms with E-state index in [0.717, 1.165) is 24.7 Å². The predicted molar refractivity (Wildman–Crippen MR) is 90.4 cm³/mol. The van der Waals surface area contributed by atoms with E-state index in [0.29, 0.717) is 24.2 Å². The van der Waals surface area contributed by atoms with Crippen LogP contribution in [-0.2, 0) is 16.6 Å². The van der Waals surface area contributed by atoms with Gasteiger partial charge in [0.1, 0.15) is 0 Å². The maximum absolute atomic E-state index is 11.4. The topological polar surface area (TPSA) is 82.6 Å². The first-order valence-corrected chi connectivity index (χ1v) is 9.05. The molecule has 0 amide bonds. The Bertz CT molecular complexity index is 660. The molecule has 0 spiro atoms. The molecule has 0 aliphatic heterocycles. The summed E-state index contributed by atoms with van der Waals surface area (Å²) in [4.78, 5) is 4.20. The Kier molecular flexibility index (Phi) is 5.43. The molecule has 1 aromatic rings. The Balaban J connectivity index is 1.98. The predicted octanol–water partition coefficient (Wildman–Crippen LogP) is 1.44. The fourth-order valence-corrected chi connectivity index (χ4v) is 2.87. The van der Waals surface area contributed by atoms with Crippen LogP contribution >= 0.6 is 0 Å². The molecule has 1 aliphatic rings. The molecule has 1 aromatic carbocycles. The van der Waals surface area contributed by atoms with Crippen molar-refractivity contribution in [2.75, 3.05) is 18.0 Å². The number of nitrogens with one attached hydrogen (secondary N) is 3. The largest absolute Gasteiger partial charge is 0.353 e. The van der Waals surface area contributed by atoms with E-state index in [-0.39, 0.29) is 0 Å². The molecule has 0 aromatic heterocycles. The summed E-state index contributed by atoms with van der Waals surface area (Å²) < 4.78 is 25.3. The van der Waals surface area contributed by atoms with E-state index in [1.165, 1.54) is 0 Å². The van der Waals surface area contributed by atoms with E-state index >= 15 is 0 Å². The average molecular weight is 322 g/mol. The second kappa shape index (κ2) is 7.31. The summed E-state index contributed by atoms with van der Waals surface area (Å²) in [5.41, 5.74) is 1.44. The standard InChI is InChI=1S/C15H22N4O2S/c1-16-15(18-13-8-4-5-9-13)17-11-12-7-3-6-10-14(12)19-22(2,20)21/h3-7,10,13,19H,8-9,11H2,1-2H3,(H2,16,17,18). The van der Waals surface area contributed by atoms with Gasteiger partial charge < -0.3 is 10.6 Å². The fraction of sp³-hybridized carbons (Fsp3) is 0.400. The minimum atomic E-state index is -3.29. The van der Waals surface area contributed by atoms with Crippen LogP contribution in [0.3, 0.4) is 0 Å². The Morgan fingerprint density at radius 3 is 2.59 bits per heavy atom. The quantitative estimate of drug-likeness (QED) is 0.435. The monoisotopic (exact) mass is 322 g/mol. The lowest BCUT2D eigenvalue weighted by molar-refractivity contribution is 0.606. The lowest BCUT2D eigenvalue weighted by Crippen LogP contribution is -2.42. The average Bonchev–Trinajstić information content (AvgIpc) is 2.96. The summed E-state index contributed by atoms with van der Waals surface area (Å²) in [6.07, 6.45) is 7.43. The van der Waals surface area contributed by atoms with Gasteiger partial charge in [0.2, 0.25) is 10.0 Å². The molecule has 22 heavy (non-hydrogen) atoms. The molecule has 2 rings (SSSR count). The van der Waals surface area contributed by atoms with Crippen LogP contribution in [-0.4, -0.2) is 33.7 Å². The van der Waals surface area contributed by atoms with E-state index in [1.54, 1.807) is 19.2 Å². The summed E-state index contributed by atoms with van der Waals surface area (Å²) in [6.45, 7) is 0.485. The van der Waals surface area contributed by atoms with Gasteiger partial charge in [-0.15, -0.1) is 0 Å². The molecule has 0 heterocycles. The van der Waals surface area contributed by atoms with Gasteiger partial charge in [-0.2, -0.15) is 0 Å². The van der Waals surface area contributed by atoms with Crippen LogP contribution in [0, 0.1) is 0 Å². The zero-order chi connectivity index (χ0) is 16.0. The zero-order valence-corrected chi connectivity index (χ0v) is 13.7. The molecular formula is C15H22N4O2S. The molecule has 0 bridgehead atoms. The first-order valence-electron chi connectivity index (χ1n) is 7.16. The molecule has 0 saturated carbocycles. The van der Waals surface area contributed by atoms with Gasteiger partial charge in [-0.1, -0.05) is 30.4 Å². The highest BCUT2D eigenvalue weighted by Crippen LogP contribution is 2.16. The molecular weight excluding hydrogens is 300 g/mol. The lowest BCUT2D eigenvalue weighted by Gasteiger charge is -2.18. The number of nitrogens with zero attached hydrogens (tertiary/aromatic N) is 1. The SMILES string of the molecule is CN=C(NCc1ccccc1NS(C)(=O)=O)NC1CC=CC1. The number of anilines is 1. The number of benzene rings is 1. The summed E-state index contributed by atoms with van der Waals surface area (Å²) in [5.74, 6) is 0.711. The van der Waals surface area contributed by atoms with Crippen molar-refractivity contribution in [3.63, 3.8) is 0 Å². The highest BCUT2D eigenvalue weighted by Gasteiger charge is 2.12. The summed E-state index contributed by atoms with van der Waals surface area (Å²) in [7, 11) is -1.57. The smallest absolute Gasteiger partial charge is 0.229 e. The number of guanidine groups is 1. The Labute approximate surface area is 131 Å². The van der Waals surface area contributed by atoms with Crippen molar-refractivity contribution in [3.05, 3.63) is 42.0 Å². The van der Waals surface area contributed by atoms with E-state index in [4.69, 9.17) is 0 Å². The molecule has 7 heteroatoms. The maximum Gasteiger partial charge on any atom is 0.229 e. The van der Waals surface area contributed by atoms with Crippen molar-refractivity contribution in [2.45, 2.75) is 25.4 Å². The number of hydrogen-bond donors (Lipinski definition) is 3. The van der Waals surface area contributed by atoms with Crippen LogP contribution in [0.15, 0.2) is 41.4 Å². The second-order valence-corrected chi connectivity index (χ2v) is 6.99. The third-order valence-electron chi connectivity index (χ3n) is 3.33. The van der Waals surface area contributed by atoms with Crippen molar-refractivity contribution in [2.24, 2.45) is 4.99 Å². The summed E-state index contributed by atoms with van der Waals surface area (Å²) in [6, 6.07) is 7.67. The molecule has 0 saturated heterocycles. The number of hydrogen-bond acceptors (Lipinski definition) is 3. The molecule has 120 valence electrons.